The molecular formula is C18H18N4O4. The molecule has 8 nitrogen and oxygen atoms in total. The van der Waals surface area contributed by atoms with Crippen molar-refractivity contribution < 1.29 is 19.5 Å². The first-order chi connectivity index (χ1) is 12.3. The second-order valence-electron chi connectivity index (χ2n) is 6.11. The number of anilines is 1. The molecule has 0 radical (unpaired) electrons. The lowest BCUT2D eigenvalue weighted by molar-refractivity contribution is -0.138. The first kappa shape index (κ1) is 17.4. The maximum Gasteiger partial charge on any atom is 0.337 e. The zero-order chi connectivity index (χ0) is 19.0. The van der Waals surface area contributed by atoms with Gasteiger partial charge in [0.15, 0.2) is 0 Å². The number of carbonyl (C=O) groups is 3. The van der Waals surface area contributed by atoms with Gasteiger partial charge in [-0.3, -0.25) is 14.5 Å². The number of nitrogens with one attached hydrogen (secondary N) is 1. The van der Waals surface area contributed by atoms with Crippen LogP contribution in [-0.4, -0.2) is 44.1 Å². The van der Waals surface area contributed by atoms with E-state index < -0.39 is 11.9 Å². The predicted molar refractivity (Wildman–Crippen MR) is 94.1 cm³/mol. The second-order valence-corrected chi connectivity index (χ2v) is 6.11. The SMILES string of the molecule is CC(=O)N1CC(Nc2ccc(-n3nc(C)cc3C)c(C(=O)O)c2)=CC1=O. The molecule has 2 heterocycles. The van der Waals surface area contributed by atoms with Crippen molar-refractivity contribution >= 4 is 23.5 Å². The Morgan fingerprint density at radius 2 is 1.96 bits per heavy atom. The van der Waals surface area contributed by atoms with Crippen LogP contribution in [0.5, 0.6) is 0 Å². The molecule has 134 valence electrons. The van der Waals surface area contributed by atoms with Gasteiger partial charge in [0.1, 0.15) is 0 Å². The Morgan fingerprint density at radius 1 is 1.23 bits per heavy atom. The molecule has 1 aliphatic rings. The van der Waals surface area contributed by atoms with Crippen LogP contribution in [0.1, 0.15) is 28.7 Å². The molecule has 2 N–H and O–H groups in total. The van der Waals surface area contributed by atoms with Crippen LogP contribution in [0.25, 0.3) is 5.69 Å². The molecule has 26 heavy (non-hydrogen) atoms. The lowest BCUT2D eigenvalue weighted by Crippen LogP contribution is -2.31. The van der Waals surface area contributed by atoms with E-state index in [1.165, 1.54) is 19.1 Å². The van der Waals surface area contributed by atoms with Crippen LogP contribution in [0.4, 0.5) is 5.69 Å². The molecule has 8 heteroatoms. The zero-order valence-electron chi connectivity index (χ0n) is 14.6. The van der Waals surface area contributed by atoms with Crippen molar-refractivity contribution in [2.45, 2.75) is 20.8 Å². The fourth-order valence-corrected chi connectivity index (χ4v) is 2.89. The number of carbonyl (C=O) groups excluding carboxylic acids is 2. The number of aromatic nitrogens is 2. The number of carboxylic acid groups (broad SMARTS) is 1. The fraction of sp³-hybridized carbons (Fsp3) is 0.222. The van der Waals surface area contributed by atoms with Crippen LogP contribution in [0, 0.1) is 13.8 Å². The molecule has 1 aromatic carbocycles. The highest BCUT2D eigenvalue weighted by atomic mass is 16.4. The standard InChI is InChI=1S/C18H18N4O4/c1-10-6-11(2)22(20-10)16-5-4-13(7-15(16)18(25)26)19-14-8-17(24)21(9-14)12(3)23/h4-8,19H,9H2,1-3H3,(H,25,26). The van der Waals surface area contributed by atoms with E-state index in [4.69, 9.17) is 0 Å². The number of imide groups is 1. The molecule has 0 aliphatic carbocycles. The van der Waals surface area contributed by atoms with Gasteiger partial charge in [-0.1, -0.05) is 0 Å². The number of carboxylic acids is 1. The third-order valence-corrected chi connectivity index (χ3v) is 4.04. The molecular weight excluding hydrogens is 336 g/mol. The van der Waals surface area contributed by atoms with E-state index in [1.54, 1.807) is 16.8 Å². The van der Waals surface area contributed by atoms with Gasteiger partial charge in [-0.2, -0.15) is 5.10 Å². The summed E-state index contributed by atoms with van der Waals surface area (Å²) in [5.74, 6) is -1.81. The van der Waals surface area contributed by atoms with E-state index in [0.717, 1.165) is 16.3 Å². The molecule has 0 bridgehead atoms. The average Bonchev–Trinajstić information content (AvgIpc) is 3.09. The van der Waals surface area contributed by atoms with Gasteiger partial charge < -0.3 is 10.4 Å². The second kappa shape index (κ2) is 6.47. The molecule has 0 fully saturated rings. The summed E-state index contributed by atoms with van der Waals surface area (Å²) in [6.45, 7) is 5.14. The van der Waals surface area contributed by atoms with Gasteiger partial charge in [0.2, 0.25) is 5.91 Å². The number of hydrogen-bond donors (Lipinski definition) is 2. The highest BCUT2D eigenvalue weighted by molar-refractivity contribution is 6.03. The van der Waals surface area contributed by atoms with Crippen LogP contribution in [-0.2, 0) is 9.59 Å². The molecule has 2 aromatic rings. The molecule has 1 aliphatic heterocycles. The van der Waals surface area contributed by atoms with Gasteiger partial charge in [0.25, 0.3) is 5.91 Å². The fourth-order valence-electron chi connectivity index (χ4n) is 2.89. The first-order valence-corrected chi connectivity index (χ1v) is 7.97. The van der Waals surface area contributed by atoms with Crippen LogP contribution in [0.15, 0.2) is 36.0 Å². The minimum atomic E-state index is -1.09. The first-order valence-electron chi connectivity index (χ1n) is 7.97. The summed E-state index contributed by atoms with van der Waals surface area (Å²) in [6, 6.07) is 6.71. The molecule has 0 saturated carbocycles. The van der Waals surface area contributed by atoms with Crippen LogP contribution in [0.2, 0.25) is 0 Å². The smallest absolute Gasteiger partial charge is 0.337 e. The van der Waals surface area contributed by atoms with Gasteiger partial charge in [-0.25, -0.2) is 9.48 Å². The summed E-state index contributed by atoms with van der Waals surface area (Å²) < 4.78 is 1.58. The number of amides is 2. The van der Waals surface area contributed by atoms with Crippen molar-refractivity contribution in [1.82, 2.24) is 14.7 Å². The summed E-state index contributed by atoms with van der Waals surface area (Å²) in [6.07, 6.45) is 1.33. The maximum atomic E-state index is 11.8. The third-order valence-electron chi connectivity index (χ3n) is 4.04. The van der Waals surface area contributed by atoms with Gasteiger partial charge >= 0.3 is 5.97 Å². The summed E-state index contributed by atoms with van der Waals surface area (Å²) in [4.78, 5) is 36.0. The van der Waals surface area contributed by atoms with E-state index in [0.29, 0.717) is 17.1 Å². The van der Waals surface area contributed by atoms with E-state index >= 15 is 0 Å². The van der Waals surface area contributed by atoms with Crippen molar-refractivity contribution in [1.29, 1.82) is 0 Å². The van der Waals surface area contributed by atoms with Crippen molar-refractivity contribution in [2.75, 3.05) is 11.9 Å². The topological polar surface area (TPSA) is 105 Å². The zero-order valence-corrected chi connectivity index (χ0v) is 14.6. The number of rotatable bonds is 4. The lowest BCUT2D eigenvalue weighted by atomic mass is 10.1. The highest BCUT2D eigenvalue weighted by Crippen LogP contribution is 2.23. The summed E-state index contributed by atoms with van der Waals surface area (Å²) in [5.41, 5.74) is 3.19. The average molecular weight is 354 g/mol. The highest BCUT2D eigenvalue weighted by Gasteiger charge is 2.25. The van der Waals surface area contributed by atoms with E-state index in [9.17, 15) is 19.5 Å². The largest absolute Gasteiger partial charge is 0.478 e. The van der Waals surface area contributed by atoms with Crippen molar-refractivity contribution in [2.24, 2.45) is 0 Å². The minimum absolute atomic E-state index is 0.0783. The van der Waals surface area contributed by atoms with Gasteiger partial charge in [0.05, 0.1) is 23.5 Å². The molecule has 1 aromatic heterocycles. The Balaban J connectivity index is 1.92. The molecule has 0 saturated heterocycles. The Morgan fingerprint density at radius 3 is 2.50 bits per heavy atom. The van der Waals surface area contributed by atoms with Gasteiger partial charge in [0, 0.05) is 30.1 Å². The number of hydrogen-bond acceptors (Lipinski definition) is 5. The minimum Gasteiger partial charge on any atom is -0.478 e. The number of benzene rings is 1. The van der Waals surface area contributed by atoms with Crippen molar-refractivity contribution in [3.63, 3.8) is 0 Å². The quantitative estimate of drug-likeness (QED) is 0.868. The summed E-state index contributed by atoms with van der Waals surface area (Å²) in [7, 11) is 0. The monoisotopic (exact) mass is 354 g/mol. The number of nitrogens with zero attached hydrogens (tertiary/aromatic N) is 3. The predicted octanol–water partition coefficient (Wildman–Crippen LogP) is 1.87. The Hall–Kier alpha value is -3.42. The maximum absolute atomic E-state index is 11.8. The Labute approximate surface area is 149 Å². The van der Waals surface area contributed by atoms with Crippen LogP contribution >= 0.6 is 0 Å². The molecule has 3 rings (SSSR count). The van der Waals surface area contributed by atoms with Gasteiger partial charge in [-0.05, 0) is 38.1 Å². The number of aromatic carboxylic acids is 1. The molecule has 0 atom stereocenters. The lowest BCUT2D eigenvalue weighted by Gasteiger charge is -2.14. The van der Waals surface area contributed by atoms with Gasteiger partial charge in [-0.15, -0.1) is 0 Å². The van der Waals surface area contributed by atoms with E-state index in [1.807, 2.05) is 19.9 Å². The summed E-state index contributed by atoms with van der Waals surface area (Å²) >= 11 is 0. The molecule has 0 unspecified atom stereocenters. The normalized spacial score (nSPS) is 13.7. The van der Waals surface area contributed by atoms with E-state index in [-0.39, 0.29) is 18.0 Å². The van der Waals surface area contributed by atoms with Crippen LogP contribution in [0.3, 0.4) is 0 Å². The molecule has 2 amide bonds. The Kier molecular flexibility index (Phi) is 4.33. The van der Waals surface area contributed by atoms with Crippen molar-refractivity contribution in [3.8, 4) is 5.69 Å². The number of aryl methyl sites for hydroxylation is 2. The van der Waals surface area contributed by atoms with Crippen LogP contribution < -0.4 is 5.32 Å². The van der Waals surface area contributed by atoms with Crippen molar-refractivity contribution in [3.05, 3.63) is 53.0 Å². The van der Waals surface area contributed by atoms with E-state index in [2.05, 4.69) is 10.4 Å². The summed E-state index contributed by atoms with van der Waals surface area (Å²) in [5, 5.41) is 16.9. The molecule has 0 spiro atoms. The Bertz CT molecular complexity index is 958. The third kappa shape index (κ3) is 3.21.